The Bertz CT molecular complexity index is 1530. The summed E-state index contributed by atoms with van der Waals surface area (Å²) in [6.45, 7) is 2.69. The normalized spacial score (nSPS) is 14.5. The van der Waals surface area contributed by atoms with E-state index in [9.17, 15) is 9.59 Å². The largest absolute Gasteiger partial charge is 0.493 e. The van der Waals surface area contributed by atoms with Crippen LogP contribution in [0.3, 0.4) is 0 Å². The monoisotopic (exact) mass is 492 g/mol. The second-order valence-electron chi connectivity index (χ2n) is 7.98. The summed E-state index contributed by atoms with van der Waals surface area (Å²) in [6, 6.07) is 11.0. The highest BCUT2D eigenvalue weighted by Gasteiger charge is 2.34. The molecule has 9 nitrogen and oxygen atoms in total. The predicted octanol–water partition coefficient (Wildman–Crippen LogP) is 2.91. The molecule has 0 radical (unpaired) electrons. The van der Waals surface area contributed by atoms with E-state index in [1.807, 2.05) is 24.3 Å². The van der Waals surface area contributed by atoms with Gasteiger partial charge in [-0.25, -0.2) is 0 Å². The van der Waals surface area contributed by atoms with Gasteiger partial charge in [0.2, 0.25) is 10.7 Å². The van der Waals surface area contributed by atoms with Crippen LogP contribution in [0.1, 0.15) is 25.3 Å². The van der Waals surface area contributed by atoms with Crippen molar-refractivity contribution < 1.29 is 19.0 Å². The van der Waals surface area contributed by atoms with Crippen LogP contribution >= 0.6 is 11.3 Å². The highest BCUT2D eigenvalue weighted by Crippen LogP contribution is 2.40. The van der Waals surface area contributed by atoms with E-state index in [0.717, 1.165) is 35.4 Å². The van der Waals surface area contributed by atoms with Crippen LogP contribution in [0.5, 0.6) is 17.2 Å². The minimum Gasteiger partial charge on any atom is -0.493 e. The van der Waals surface area contributed by atoms with Gasteiger partial charge in [-0.1, -0.05) is 42.9 Å². The highest BCUT2D eigenvalue weighted by molar-refractivity contribution is 7.15. The lowest BCUT2D eigenvalue weighted by molar-refractivity contribution is -0.113. The number of amides is 1. The Morgan fingerprint density at radius 1 is 1.00 bits per heavy atom. The van der Waals surface area contributed by atoms with E-state index in [1.165, 1.54) is 25.8 Å². The van der Waals surface area contributed by atoms with Gasteiger partial charge in [0.1, 0.15) is 4.53 Å². The summed E-state index contributed by atoms with van der Waals surface area (Å²) in [5, 5.41) is 4.44. The van der Waals surface area contributed by atoms with Gasteiger partial charge in [-0.3, -0.25) is 9.59 Å². The smallest absolute Gasteiger partial charge is 0.291 e. The second kappa shape index (κ2) is 9.03. The van der Waals surface area contributed by atoms with Gasteiger partial charge in [0.15, 0.2) is 17.3 Å². The number of ether oxygens (including phenoxy) is 3. The zero-order valence-corrected chi connectivity index (χ0v) is 20.6. The van der Waals surface area contributed by atoms with Crippen molar-refractivity contribution in [3.05, 3.63) is 56.8 Å². The predicted molar refractivity (Wildman–Crippen MR) is 134 cm³/mol. The molecule has 3 heterocycles. The molecule has 0 saturated heterocycles. The van der Waals surface area contributed by atoms with Crippen molar-refractivity contribution in [2.45, 2.75) is 19.8 Å². The third kappa shape index (κ3) is 3.61. The number of fused-ring (bicyclic) bond motifs is 2. The van der Waals surface area contributed by atoms with Crippen LogP contribution in [0.4, 0.5) is 5.69 Å². The van der Waals surface area contributed by atoms with E-state index in [4.69, 9.17) is 14.2 Å². The van der Waals surface area contributed by atoms with E-state index in [0.29, 0.717) is 50.2 Å². The number of para-hydroxylation sites is 1. The Hall–Kier alpha value is -3.92. The molecule has 1 amide bonds. The van der Waals surface area contributed by atoms with E-state index < -0.39 is 0 Å². The first-order valence-electron chi connectivity index (χ1n) is 11.2. The second-order valence-corrected chi connectivity index (χ2v) is 8.96. The van der Waals surface area contributed by atoms with Crippen LogP contribution < -0.4 is 29.2 Å². The molecule has 0 fully saturated rings. The lowest BCUT2D eigenvalue weighted by Gasteiger charge is -2.16. The number of thiazole rings is 1. The molecule has 1 aliphatic heterocycles. The molecule has 1 aliphatic rings. The summed E-state index contributed by atoms with van der Waals surface area (Å²) < 4.78 is 17.8. The standard InChI is InChI=1S/C25H24N4O5S/c1-5-6-11-28-16-10-8-7-9-15(16)19(23(28)30)21-24(31)29-25(35-21)26-22(27-29)14-12-17(32-2)20(34-4)18(13-14)33-3/h7-10,12-13H,5-6,11H2,1-4H3. The fraction of sp³-hybridized carbons (Fsp3) is 0.280. The highest BCUT2D eigenvalue weighted by atomic mass is 32.1. The van der Waals surface area contributed by atoms with Crippen molar-refractivity contribution >= 4 is 33.5 Å². The average molecular weight is 493 g/mol. The molecule has 0 N–H and O–H groups in total. The number of methoxy groups -OCH3 is 3. The van der Waals surface area contributed by atoms with Crippen molar-refractivity contribution in [2.24, 2.45) is 0 Å². The molecule has 5 rings (SSSR count). The number of nitrogens with zero attached hydrogens (tertiary/aromatic N) is 4. The number of carbonyl (C=O) groups excluding carboxylic acids is 1. The lowest BCUT2D eigenvalue weighted by atomic mass is 10.1. The van der Waals surface area contributed by atoms with Gasteiger partial charge in [-0.15, -0.1) is 5.10 Å². The van der Waals surface area contributed by atoms with E-state index in [1.54, 1.807) is 17.0 Å². The van der Waals surface area contributed by atoms with E-state index in [-0.39, 0.29) is 11.5 Å². The molecule has 2 aromatic carbocycles. The van der Waals surface area contributed by atoms with Crippen molar-refractivity contribution in [1.82, 2.24) is 14.6 Å². The van der Waals surface area contributed by atoms with E-state index >= 15 is 0 Å². The zero-order chi connectivity index (χ0) is 24.7. The number of rotatable bonds is 7. The quantitative estimate of drug-likeness (QED) is 0.391. The van der Waals surface area contributed by atoms with Crippen molar-refractivity contribution in [2.75, 3.05) is 32.8 Å². The maximum atomic E-state index is 13.4. The fourth-order valence-electron chi connectivity index (χ4n) is 4.26. The Morgan fingerprint density at radius 3 is 2.34 bits per heavy atom. The first-order chi connectivity index (χ1) is 17.0. The van der Waals surface area contributed by atoms with Gasteiger partial charge < -0.3 is 19.1 Å². The van der Waals surface area contributed by atoms with Gasteiger partial charge in [-0.05, 0) is 24.6 Å². The topological polar surface area (TPSA) is 95.3 Å². The SMILES string of the molecule is CCCCN1C(=O)C(=c2sc3nc(-c4cc(OC)c(OC)c(OC)c4)nn3c2=O)c2ccccc21. The summed E-state index contributed by atoms with van der Waals surface area (Å²) in [6.07, 6.45) is 1.85. The summed E-state index contributed by atoms with van der Waals surface area (Å²) >= 11 is 1.16. The molecule has 10 heteroatoms. The fourth-order valence-corrected chi connectivity index (χ4v) is 5.25. The molecule has 0 atom stereocenters. The first-order valence-corrected chi connectivity index (χ1v) is 12.0. The molecule has 0 aliphatic carbocycles. The number of benzene rings is 2. The third-order valence-corrected chi connectivity index (χ3v) is 7.00. The Labute approximate surface area is 205 Å². The summed E-state index contributed by atoms with van der Waals surface area (Å²) in [5.41, 5.74) is 2.24. The molecule has 0 saturated carbocycles. The van der Waals surface area contributed by atoms with Crippen LogP contribution in [-0.4, -0.2) is 48.4 Å². The summed E-state index contributed by atoms with van der Waals surface area (Å²) in [5.74, 6) is 1.55. The Kier molecular flexibility index (Phi) is 5.89. The molecule has 35 heavy (non-hydrogen) atoms. The minimum atomic E-state index is -0.369. The number of aromatic nitrogens is 3. The number of unbranched alkanes of at least 4 members (excludes halogenated alkanes) is 1. The molecular formula is C25H24N4O5S. The number of hydrogen-bond donors (Lipinski definition) is 0. The summed E-state index contributed by atoms with van der Waals surface area (Å²) in [7, 11) is 4.58. The molecule has 2 aromatic heterocycles. The van der Waals surface area contributed by atoms with Gasteiger partial charge in [0.05, 0.1) is 32.6 Å². The van der Waals surface area contributed by atoms with Crippen molar-refractivity contribution in [1.29, 1.82) is 0 Å². The van der Waals surface area contributed by atoms with Crippen LogP contribution in [-0.2, 0) is 4.79 Å². The lowest BCUT2D eigenvalue weighted by Crippen LogP contribution is -2.33. The number of hydrogen-bond acceptors (Lipinski definition) is 8. The minimum absolute atomic E-state index is 0.161. The molecule has 4 aromatic rings. The number of anilines is 1. The van der Waals surface area contributed by atoms with Crippen molar-refractivity contribution in [3.63, 3.8) is 0 Å². The molecule has 0 bridgehead atoms. The van der Waals surface area contributed by atoms with Gasteiger partial charge in [-0.2, -0.15) is 9.50 Å². The molecular weight excluding hydrogens is 468 g/mol. The number of carbonyl (C=O) groups is 1. The maximum Gasteiger partial charge on any atom is 0.291 e. The molecule has 180 valence electrons. The Balaban J connectivity index is 1.65. The van der Waals surface area contributed by atoms with Gasteiger partial charge >= 0.3 is 0 Å². The Morgan fingerprint density at radius 2 is 1.71 bits per heavy atom. The van der Waals surface area contributed by atoms with Crippen LogP contribution in [0.15, 0.2) is 41.2 Å². The molecule has 0 spiro atoms. The average Bonchev–Trinajstić information content (AvgIpc) is 3.51. The zero-order valence-electron chi connectivity index (χ0n) is 19.8. The van der Waals surface area contributed by atoms with Crippen LogP contribution in [0.2, 0.25) is 0 Å². The van der Waals surface area contributed by atoms with Gasteiger partial charge in [0.25, 0.3) is 11.5 Å². The first kappa shape index (κ1) is 22.9. The van der Waals surface area contributed by atoms with Crippen LogP contribution in [0, 0.1) is 0 Å². The molecule has 0 unspecified atom stereocenters. The van der Waals surface area contributed by atoms with Gasteiger partial charge in [0, 0.05) is 17.7 Å². The third-order valence-electron chi connectivity index (χ3n) is 5.97. The maximum absolute atomic E-state index is 13.4. The van der Waals surface area contributed by atoms with Crippen LogP contribution in [0.25, 0.3) is 21.9 Å². The van der Waals surface area contributed by atoms with Crippen molar-refractivity contribution in [3.8, 4) is 28.6 Å². The van der Waals surface area contributed by atoms with E-state index in [2.05, 4.69) is 17.0 Å². The summed E-state index contributed by atoms with van der Waals surface area (Å²) in [4.78, 5) is 33.5.